The van der Waals surface area contributed by atoms with Crippen LogP contribution in [0, 0.1) is 5.41 Å². The summed E-state index contributed by atoms with van der Waals surface area (Å²) < 4.78 is 6.01. The molecule has 2 aromatic rings. The number of anilines is 1. The lowest BCUT2D eigenvalue weighted by Gasteiger charge is -2.50. The van der Waals surface area contributed by atoms with Gasteiger partial charge in [0.05, 0.1) is 6.10 Å². The topological polar surface area (TPSA) is 41.6 Å². The highest BCUT2D eigenvalue weighted by atomic mass is 16.5. The van der Waals surface area contributed by atoms with E-state index >= 15 is 0 Å². The Morgan fingerprint density at radius 3 is 2.34 bits per heavy atom. The minimum atomic E-state index is -0.0289. The molecule has 29 heavy (non-hydrogen) atoms. The van der Waals surface area contributed by atoms with E-state index in [-0.39, 0.29) is 5.91 Å². The van der Waals surface area contributed by atoms with Crippen molar-refractivity contribution in [2.75, 3.05) is 25.0 Å². The number of nitrogens with zero attached hydrogens (tertiary/aromatic N) is 1. The first-order valence-electron chi connectivity index (χ1n) is 10.9. The summed E-state index contributed by atoms with van der Waals surface area (Å²) in [6.07, 6.45) is 6.47. The van der Waals surface area contributed by atoms with Crippen LogP contribution in [0.1, 0.15) is 43.7 Å². The maximum atomic E-state index is 11.2. The first kappa shape index (κ1) is 20.1. The predicted molar refractivity (Wildman–Crippen MR) is 117 cm³/mol. The van der Waals surface area contributed by atoms with E-state index in [1.807, 2.05) is 12.1 Å². The van der Waals surface area contributed by atoms with Gasteiger partial charge < -0.3 is 10.1 Å². The van der Waals surface area contributed by atoms with Crippen LogP contribution in [-0.4, -0.2) is 36.6 Å². The number of nitrogens with one attached hydrogen (secondary N) is 1. The molecular weight excluding hydrogens is 360 g/mol. The van der Waals surface area contributed by atoms with Gasteiger partial charge in [-0.3, -0.25) is 9.69 Å². The van der Waals surface area contributed by atoms with Crippen LogP contribution in [0.15, 0.2) is 54.6 Å². The van der Waals surface area contributed by atoms with Crippen molar-refractivity contribution >= 4 is 11.6 Å². The van der Waals surface area contributed by atoms with Gasteiger partial charge in [-0.1, -0.05) is 42.5 Å². The number of hydrogen-bond donors (Lipinski definition) is 1. The molecule has 0 saturated carbocycles. The van der Waals surface area contributed by atoms with E-state index in [9.17, 15) is 4.79 Å². The van der Waals surface area contributed by atoms with Gasteiger partial charge in [0.2, 0.25) is 5.91 Å². The molecule has 2 aliphatic heterocycles. The Labute approximate surface area is 174 Å². The molecule has 1 atom stereocenters. The fourth-order valence-corrected chi connectivity index (χ4v) is 4.80. The standard InChI is InChI=1S/C25H32N2O2/c1-20(28)26-23-9-7-22(8-10-23)19-27-16-14-25(15-17-27,24-12-18-29-24)13-11-21-5-3-2-4-6-21/h2-10,24H,11-19H2,1H3,(H,26,28). The van der Waals surface area contributed by atoms with E-state index in [1.54, 1.807) is 0 Å². The average molecular weight is 393 g/mol. The molecular formula is C25H32N2O2. The number of aryl methyl sites for hydroxylation is 1. The lowest BCUT2D eigenvalue weighted by Crippen LogP contribution is -2.51. The summed E-state index contributed by atoms with van der Waals surface area (Å²) >= 11 is 0. The molecule has 1 unspecified atom stereocenters. The van der Waals surface area contributed by atoms with Gasteiger partial charge in [-0.2, -0.15) is 0 Å². The summed E-state index contributed by atoms with van der Waals surface area (Å²) in [6, 6.07) is 19.1. The van der Waals surface area contributed by atoms with Crippen LogP contribution >= 0.6 is 0 Å². The third kappa shape index (κ3) is 5.06. The molecule has 2 fully saturated rings. The van der Waals surface area contributed by atoms with Gasteiger partial charge in [0.25, 0.3) is 0 Å². The lowest BCUT2D eigenvalue weighted by molar-refractivity contribution is -0.148. The number of hydrogen-bond acceptors (Lipinski definition) is 3. The molecule has 0 aromatic heterocycles. The number of rotatable bonds is 7. The Balaban J connectivity index is 1.33. The molecule has 0 spiro atoms. The molecule has 4 heteroatoms. The Morgan fingerprint density at radius 2 is 1.76 bits per heavy atom. The van der Waals surface area contributed by atoms with E-state index in [2.05, 4.69) is 52.7 Å². The van der Waals surface area contributed by atoms with Gasteiger partial charge in [-0.05, 0) is 73.9 Å². The molecule has 2 heterocycles. The minimum Gasteiger partial charge on any atom is -0.377 e. The van der Waals surface area contributed by atoms with Crippen LogP contribution in [0.25, 0.3) is 0 Å². The number of likely N-dealkylation sites (tertiary alicyclic amines) is 1. The number of ether oxygens (including phenoxy) is 1. The van der Waals surface area contributed by atoms with Gasteiger partial charge in [-0.15, -0.1) is 0 Å². The second kappa shape index (κ2) is 9.10. The van der Waals surface area contributed by atoms with Crippen LogP contribution in [0.4, 0.5) is 5.69 Å². The fraction of sp³-hybridized carbons (Fsp3) is 0.480. The van der Waals surface area contributed by atoms with Gasteiger partial charge in [-0.25, -0.2) is 0 Å². The van der Waals surface area contributed by atoms with E-state index in [0.29, 0.717) is 11.5 Å². The maximum absolute atomic E-state index is 11.2. The zero-order valence-corrected chi connectivity index (χ0v) is 17.4. The summed E-state index contributed by atoms with van der Waals surface area (Å²) in [5.41, 5.74) is 3.94. The molecule has 154 valence electrons. The van der Waals surface area contributed by atoms with Crippen molar-refractivity contribution in [3.8, 4) is 0 Å². The summed E-state index contributed by atoms with van der Waals surface area (Å²) in [4.78, 5) is 13.7. The second-order valence-corrected chi connectivity index (χ2v) is 8.65. The normalized spacial score (nSPS) is 21.3. The molecule has 4 nitrogen and oxygen atoms in total. The first-order chi connectivity index (χ1) is 14.1. The quantitative estimate of drug-likeness (QED) is 0.746. The molecule has 2 saturated heterocycles. The minimum absolute atomic E-state index is 0.0289. The van der Waals surface area contributed by atoms with Crippen molar-refractivity contribution in [1.82, 2.24) is 4.90 Å². The third-order valence-corrected chi connectivity index (χ3v) is 6.67. The van der Waals surface area contributed by atoms with Gasteiger partial charge >= 0.3 is 0 Å². The second-order valence-electron chi connectivity index (χ2n) is 8.65. The number of piperidine rings is 1. The Bertz CT molecular complexity index is 791. The van der Waals surface area contributed by atoms with Gasteiger partial charge in [0, 0.05) is 25.8 Å². The van der Waals surface area contributed by atoms with Crippen molar-refractivity contribution in [1.29, 1.82) is 0 Å². The predicted octanol–water partition coefficient (Wildman–Crippen LogP) is 4.65. The number of amides is 1. The van der Waals surface area contributed by atoms with Gasteiger partial charge in [0.1, 0.15) is 0 Å². The number of benzene rings is 2. The molecule has 0 bridgehead atoms. The SMILES string of the molecule is CC(=O)Nc1ccc(CN2CCC(CCc3ccccc3)(C3CCO3)CC2)cc1. The zero-order chi connectivity index (χ0) is 20.1. The third-order valence-electron chi connectivity index (χ3n) is 6.67. The van der Waals surface area contributed by atoms with Crippen molar-refractivity contribution in [3.63, 3.8) is 0 Å². The highest BCUT2D eigenvalue weighted by molar-refractivity contribution is 5.88. The summed E-state index contributed by atoms with van der Waals surface area (Å²) in [6.45, 7) is 5.70. The highest BCUT2D eigenvalue weighted by Gasteiger charge is 2.44. The van der Waals surface area contributed by atoms with E-state index < -0.39 is 0 Å². The Morgan fingerprint density at radius 1 is 1.07 bits per heavy atom. The van der Waals surface area contributed by atoms with Crippen molar-refractivity contribution < 1.29 is 9.53 Å². The Kier molecular flexibility index (Phi) is 6.31. The number of carbonyl (C=O) groups is 1. The summed E-state index contributed by atoms with van der Waals surface area (Å²) in [7, 11) is 0. The lowest BCUT2D eigenvalue weighted by atomic mass is 9.68. The van der Waals surface area contributed by atoms with E-state index in [4.69, 9.17) is 4.74 Å². The smallest absolute Gasteiger partial charge is 0.221 e. The molecule has 0 aliphatic carbocycles. The highest BCUT2D eigenvalue weighted by Crippen LogP contribution is 2.45. The fourth-order valence-electron chi connectivity index (χ4n) is 4.80. The summed E-state index contributed by atoms with van der Waals surface area (Å²) in [5, 5.41) is 2.83. The van der Waals surface area contributed by atoms with Crippen LogP contribution < -0.4 is 5.32 Å². The largest absolute Gasteiger partial charge is 0.377 e. The zero-order valence-electron chi connectivity index (χ0n) is 17.4. The average Bonchev–Trinajstić information content (AvgIpc) is 2.69. The van der Waals surface area contributed by atoms with E-state index in [0.717, 1.165) is 38.3 Å². The van der Waals surface area contributed by atoms with Crippen LogP contribution in [-0.2, 0) is 22.5 Å². The number of carbonyl (C=O) groups excluding carboxylic acids is 1. The van der Waals surface area contributed by atoms with Crippen molar-refractivity contribution in [2.24, 2.45) is 5.41 Å². The van der Waals surface area contributed by atoms with Gasteiger partial charge in [0.15, 0.2) is 0 Å². The van der Waals surface area contributed by atoms with Crippen LogP contribution in [0.5, 0.6) is 0 Å². The molecule has 1 amide bonds. The summed E-state index contributed by atoms with van der Waals surface area (Å²) in [5.74, 6) is -0.0289. The van der Waals surface area contributed by atoms with E-state index in [1.165, 1.54) is 43.7 Å². The van der Waals surface area contributed by atoms with Crippen LogP contribution in [0.2, 0.25) is 0 Å². The van der Waals surface area contributed by atoms with Crippen LogP contribution in [0.3, 0.4) is 0 Å². The van der Waals surface area contributed by atoms with Crippen molar-refractivity contribution in [3.05, 3.63) is 65.7 Å². The maximum Gasteiger partial charge on any atom is 0.221 e. The molecule has 0 radical (unpaired) electrons. The first-order valence-corrected chi connectivity index (χ1v) is 10.9. The molecule has 2 aliphatic rings. The Hall–Kier alpha value is -2.17. The molecule has 4 rings (SSSR count). The molecule has 2 aromatic carbocycles. The van der Waals surface area contributed by atoms with Crippen molar-refractivity contribution in [2.45, 2.75) is 51.7 Å². The molecule has 1 N–H and O–H groups in total. The monoisotopic (exact) mass is 392 g/mol.